The average molecular weight is 417 g/mol. The Bertz CT molecular complexity index is 959. The van der Waals surface area contributed by atoms with Crippen molar-refractivity contribution in [1.82, 2.24) is 9.88 Å². The fourth-order valence-corrected chi connectivity index (χ4v) is 5.65. The maximum atomic E-state index is 12.1. The highest BCUT2D eigenvalue weighted by Crippen LogP contribution is 2.35. The van der Waals surface area contributed by atoms with Crippen molar-refractivity contribution in [2.24, 2.45) is 0 Å². The summed E-state index contributed by atoms with van der Waals surface area (Å²) < 4.78 is 25.6. The first-order chi connectivity index (χ1) is 13.8. The van der Waals surface area contributed by atoms with Crippen LogP contribution in [0.5, 0.6) is 0 Å². The Morgan fingerprint density at radius 2 is 1.93 bits per heavy atom. The van der Waals surface area contributed by atoms with Gasteiger partial charge in [-0.05, 0) is 42.7 Å². The molecule has 0 unspecified atom stereocenters. The first kappa shape index (κ1) is 20.1. The molecule has 0 spiro atoms. The summed E-state index contributed by atoms with van der Waals surface area (Å²) >= 11 is 0. The number of hydrogen-bond acceptors (Lipinski definition) is 6. The predicted molar refractivity (Wildman–Crippen MR) is 115 cm³/mol. The van der Waals surface area contributed by atoms with Crippen LogP contribution in [0, 0.1) is 0 Å². The van der Waals surface area contributed by atoms with E-state index >= 15 is 0 Å². The second-order valence-electron chi connectivity index (χ2n) is 7.99. The standard InChI is InChI=1S/C21H28N4O3S/c1-16-13-18-14-17(6-7-19(18)25(16)29(2,27)28)20(26)15-23-9-11-24(12-10-23)21-5-3-4-8-22-21/h3-8,14,16,20,26H,9-13,15H2,1-2H3/t16-,20+/m1/s1. The van der Waals surface area contributed by atoms with Gasteiger partial charge in [-0.25, -0.2) is 13.4 Å². The van der Waals surface area contributed by atoms with Gasteiger partial charge in [0.1, 0.15) is 5.82 Å². The Hall–Kier alpha value is -2.16. The summed E-state index contributed by atoms with van der Waals surface area (Å²) in [6.45, 7) is 6.00. The van der Waals surface area contributed by atoms with Crippen LogP contribution in [0.3, 0.4) is 0 Å². The molecule has 0 bridgehead atoms. The number of rotatable bonds is 5. The van der Waals surface area contributed by atoms with E-state index in [0.29, 0.717) is 13.0 Å². The number of aromatic nitrogens is 1. The van der Waals surface area contributed by atoms with Gasteiger partial charge in [-0.2, -0.15) is 0 Å². The molecule has 1 aromatic heterocycles. The molecule has 1 aromatic carbocycles. The zero-order chi connectivity index (χ0) is 20.6. The first-order valence-corrected chi connectivity index (χ1v) is 11.9. The van der Waals surface area contributed by atoms with Crippen LogP contribution in [0.25, 0.3) is 0 Å². The highest BCUT2D eigenvalue weighted by molar-refractivity contribution is 7.92. The summed E-state index contributed by atoms with van der Waals surface area (Å²) in [5.41, 5.74) is 2.57. The lowest BCUT2D eigenvalue weighted by atomic mass is 10.0. The molecule has 0 radical (unpaired) electrons. The van der Waals surface area contributed by atoms with E-state index in [1.807, 2.05) is 49.5 Å². The van der Waals surface area contributed by atoms with E-state index in [2.05, 4.69) is 14.8 Å². The molecule has 29 heavy (non-hydrogen) atoms. The van der Waals surface area contributed by atoms with Gasteiger partial charge in [-0.15, -0.1) is 0 Å². The van der Waals surface area contributed by atoms with Crippen molar-refractivity contribution in [1.29, 1.82) is 0 Å². The monoisotopic (exact) mass is 416 g/mol. The zero-order valence-electron chi connectivity index (χ0n) is 16.9. The summed E-state index contributed by atoms with van der Waals surface area (Å²) in [6.07, 6.45) is 3.13. The Kier molecular flexibility index (Phi) is 5.50. The average Bonchev–Trinajstić information content (AvgIpc) is 3.04. The summed E-state index contributed by atoms with van der Waals surface area (Å²) in [5.74, 6) is 0.996. The number of aliphatic hydroxyl groups is 1. The Labute approximate surface area is 172 Å². The second-order valence-corrected chi connectivity index (χ2v) is 9.85. The van der Waals surface area contributed by atoms with Crippen LogP contribution in [-0.4, -0.2) is 68.4 Å². The van der Waals surface area contributed by atoms with Gasteiger partial charge in [-0.1, -0.05) is 18.2 Å². The normalized spacial score (nSPS) is 21.3. The van der Waals surface area contributed by atoms with Crippen molar-refractivity contribution in [2.75, 3.05) is 48.2 Å². The minimum Gasteiger partial charge on any atom is -0.387 e. The van der Waals surface area contributed by atoms with E-state index < -0.39 is 16.1 Å². The third-order valence-corrected chi connectivity index (χ3v) is 7.05. The molecule has 2 atom stereocenters. The molecule has 0 aliphatic carbocycles. The van der Waals surface area contributed by atoms with Crippen LogP contribution in [0.1, 0.15) is 24.2 Å². The van der Waals surface area contributed by atoms with Crippen molar-refractivity contribution in [2.45, 2.75) is 25.5 Å². The third-order valence-electron chi connectivity index (χ3n) is 5.78. The van der Waals surface area contributed by atoms with Gasteiger partial charge in [0.05, 0.1) is 18.0 Å². The van der Waals surface area contributed by atoms with Crippen LogP contribution in [-0.2, 0) is 16.4 Å². The van der Waals surface area contributed by atoms with Crippen molar-refractivity contribution in [3.05, 3.63) is 53.7 Å². The highest BCUT2D eigenvalue weighted by Gasteiger charge is 2.33. The number of benzene rings is 1. The summed E-state index contributed by atoms with van der Waals surface area (Å²) in [7, 11) is -3.30. The maximum Gasteiger partial charge on any atom is 0.232 e. The summed E-state index contributed by atoms with van der Waals surface area (Å²) in [4.78, 5) is 8.94. The molecule has 156 valence electrons. The van der Waals surface area contributed by atoms with Gasteiger partial charge in [0.25, 0.3) is 0 Å². The van der Waals surface area contributed by atoms with E-state index in [0.717, 1.165) is 48.8 Å². The quantitative estimate of drug-likeness (QED) is 0.799. The summed E-state index contributed by atoms with van der Waals surface area (Å²) in [6, 6.07) is 11.5. The van der Waals surface area contributed by atoms with Gasteiger partial charge < -0.3 is 10.0 Å². The lowest BCUT2D eigenvalue weighted by Crippen LogP contribution is -2.47. The van der Waals surface area contributed by atoms with Crippen molar-refractivity contribution in [3.8, 4) is 0 Å². The van der Waals surface area contributed by atoms with Crippen LogP contribution in [0.15, 0.2) is 42.6 Å². The molecule has 2 aromatic rings. The van der Waals surface area contributed by atoms with E-state index in [9.17, 15) is 13.5 Å². The number of sulfonamides is 1. The smallest absolute Gasteiger partial charge is 0.232 e. The fourth-order valence-electron chi connectivity index (χ4n) is 4.39. The molecule has 1 saturated heterocycles. The Morgan fingerprint density at radius 1 is 1.17 bits per heavy atom. The molecule has 0 amide bonds. The topological polar surface area (TPSA) is 77.0 Å². The molecule has 1 N–H and O–H groups in total. The molecule has 3 heterocycles. The summed E-state index contributed by atoms with van der Waals surface area (Å²) in [5, 5.41) is 10.8. The van der Waals surface area contributed by atoms with Crippen LogP contribution in [0.2, 0.25) is 0 Å². The fraction of sp³-hybridized carbons (Fsp3) is 0.476. The van der Waals surface area contributed by atoms with E-state index in [1.165, 1.54) is 10.6 Å². The molecular formula is C21H28N4O3S. The maximum absolute atomic E-state index is 12.1. The lowest BCUT2D eigenvalue weighted by Gasteiger charge is -2.36. The molecule has 4 rings (SSSR count). The van der Waals surface area contributed by atoms with Gasteiger partial charge in [0.15, 0.2) is 0 Å². The molecule has 0 saturated carbocycles. The van der Waals surface area contributed by atoms with Gasteiger partial charge in [0.2, 0.25) is 10.0 Å². The molecule has 2 aliphatic rings. The number of pyridine rings is 1. The van der Waals surface area contributed by atoms with E-state index in [4.69, 9.17) is 0 Å². The predicted octanol–water partition coefficient (Wildman–Crippen LogP) is 1.65. The van der Waals surface area contributed by atoms with Crippen molar-refractivity contribution < 1.29 is 13.5 Å². The number of β-amino-alcohol motifs (C(OH)–C–C–N with tert-alkyl or cyclic N) is 1. The SMILES string of the molecule is C[C@@H]1Cc2cc([C@@H](O)CN3CCN(c4ccccn4)CC3)ccc2N1S(C)(=O)=O. The Balaban J connectivity index is 1.39. The number of anilines is 2. The minimum absolute atomic E-state index is 0.0907. The lowest BCUT2D eigenvalue weighted by molar-refractivity contribution is 0.109. The molecule has 7 nitrogen and oxygen atoms in total. The van der Waals surface area contributed by atoms with Gasteiger partial charge in [0, 0.05) is 45.0 Å². The molecule has 1 fully saturated rings. The Morgan fingerprint density at radius 3 is 2.59 bits per heavy atom. The highest BCUT2D eigenvalue weighted by atomic mass is 32.2. The molecule has 8 heteroatoms. The largest absolute Gasteiger partial charge is 0.387 e. The first-order valence-electron chi connectivity index (χ1n) is 10.0. The number of hydrogen-bond donors (Lipinski definition) is 1. The molecular weight excluding hydrogens is 388 g/mol. The molecule has 2 aliphatic heterocycles. The number of aliphatic hydroxyl groups excluding tert-OH is 1. The van der Waals surface area contributed by atoms with Gasteiger partial charge >= 0.3 is 0 Å². The number of nitrogens with zero attached hydrogens (tertiary/aromatic N) is 4. The van der Waals surface area contributed by atoms with Crippen molar-refractivity contribution in [3.63, 3.8) is 0 Å². The van der Waals surface area contributed by atoms with Gasteiger partial charge in [-0.3, -0.25) is 9.21 Å². The van der Waals surface area contributed by atoms with Crippen LogP contribution in [0.4, 0.5) is 11.5 Å². The second kappa shape index (κ2) is 7.93. The zero-order valence-corrected chi connectivity index (χ0v) is 17.7. The number of fused-ring (bicyclic) bond motifs is 1. The minimum atomic E-state index is -3.30. The third kappa shape index (κ3) is 4.24. The van der Waals surface area contributed by atoms with E-state index in [1.54, 1.807) is 0 Å². The van der Waals surface area contributed by atoms with E-state index in [-0.39, 0.29) is 6.04 Å². The number of piperazine rings is 1. The van der Waals surface area contributed by atoms with Crippen LogP contribution < -0.4 is 9.21 Å². The van der Waals surface area contributed by atoms with Crippen molar-refractivity contribution >= 4 is 21.5 Å². The van der Waals surface area contributed by atoms with Crippen LogP contribution >= 0.6 is 0 Å².